The number of hydrogen-bond acceptors (Lipinski definition) is 3. The number of piperidine rings is 1. The highest BCUT2D eigenvalue weighted by molar-refractivity contribution is 5.68. The zero-order valence-electron chi connectivity index (χ0n) is 16.1. The summed E-state index contributed by atoms with van der Waals surface area (Å²) >= 11 is 0. The van der Waals surface area contributed by atoms with E-state index in [1.54, 1.807) is 11.0 Å². The van der Waals surface area contributed by atoms with Crippen LogP contribution in [0, 0.1) is 11.2 Å². The second-order valence-corrected chi connectivity index (χ2v) is 8.40. The van der Waals surface area contributed by atoms with Crippen molar-refractivity contribution in [2.24, 2.45) is 5.41 Å². The molecular formula is C20H31FN2O2. The third-order valence-corrected chi connectivity index (χ3v) is 4.83. The molecule has 0 spiro atoms. The van der Waals surface area contributed by atoms with Crippen molar-refractivity contribution in [1.29, 1.82) is 0 Å². The van der Waals surface area contributed by atoms with Crippen molar-refractivity contribution < 1.29 is 13.9 Å². The molecule has 1 saturated heterocycles. The Morgan fingerprint density at radius 2 is 1.92 bits per heavy atom. The average molecular weight is 350 g/mol. The first-order chi connectivity index (χ1) is 11.6. The van der Waals surface area contributed by atoms with Gasteiger partial charge in [-0.25, -0.2) is 9.18 Å². The number of carbonyl (C=O) groups excluding carboxylic acids is 1. The average Bonchev–Trinajstić information content (AvgIpc) is 2.52. The topological polar surface area (TPSA) is 41.6 Å². The number of carbonyl (C=O) groups is 1. The van der Waals surface area contributed by atoms with Gasteiger partial charge in [0.05, 0.1) is 0 Å². The van der Waals surface area contributed by atoms with Crippen LogP contribution < -0.4 is 5.32 Å². The fraction of sp³-hybridized carbons (Fsp3) is 0.650. The Morgan fingerprint density at radius 3 is 2.48 bits per heavy atom. The molecule has 140 valence electrons. The molecule has 1 fully saturated rings. The molecule has 25 heavy (non-hydrogen) atoms. The van der Waals surface area contributed by atoms with E-state index in [1.807, 2.05) is 39.8 Å². The summed E-state index contributed by atoms with van der Waals surface area (Å²) in [4.78, 5) is 13.9. The van der Waals surface area contributed by atoms with Crippen LogP contribution >= 0.6 is 0 Å². The minimum atomic E-state index is -0.464. The molecular weight excluding hydrogens is 319 g/mol. The van der Waals surface area contributed by atoms with Gasteiger partial charge in [-0.2, -0.15) is 0 Å². The van der Waals surface area contributed by atoms with E-state index < -0.39 is 5.60 Å². The molecule has 1 aromatic carbocycles. The van der Waals surface area contributed by atoms with E-state index in [1.165, 1.54) is 6.07 Å². The minimum Gasteiger partial charge on any atom is -0.444 e. The molecule has 0 bridgehead atoms. The lowest BCUT2D eigenvalue weighted by Gasteiger charge is -2.40. The van der Waals surface area contributed by atoms with E-state index in [0.717, 1.165) is 19.4 Å². The summed E-state index contributed by atoms with van der Waals surface area (Å²) in [5.41, 5.74) is 0.323. The molecule has 1 heterocycles. The van der Waals surface area contributed by atoms with Gasteiger partial charge in [-0.15, -0.1) is 0 Å². The van der Waals surface area contributed by atoms with Crippen LogP contribution in [-0.4, -0.2) is 36.2 Å². The monoisotopic (exact) mass is 350 g/mol. The summed E-state index contributed by atoms with van der Waals surface area (Å²) in [6.07, 6.45) is 1.58. The van der Waals surface area contributed by atoms with Crippen molar-refractivity contribution in [3.05, 3.63) is 35.6 Å². The molecule has 1 aromatic rings. The highest BCUT2D eigenvalue weighted by Gasteiger charge is 2.33. The van der Waals surface area contributed by atoms with Crippen LogP contribution in [0.25, 0.3) is 0 Å². The smallest absolute Gasteiger partial charge is 0.410 e. The Morgan fingerprint density at radius 1 is 1.32 bits per heavy atom. The summed E-state index contributed by atoms with van der Waals surface area (Å²) in [5, 5.41) is 3.46. The predicted molar refractivity (Wildman–Crippen MR) is 98.0 cm³/mol. The van der Waals surface area contributed by atoms with Crippen LogP contribution in [0.4, 0.5) is 9.18 Å². The number of amides is 1. The Hall–Kier alpha value is -1.62. The number of ether oxygens (including phenoxy) is 1. The standard InChI is InChI=1S/C20H31FN2O2/c1-15(16-8-6-7-9-17(16)21)22-14-20(5)10-12-23(13-11-20)18(24)25-19(2,3)4/h6-9,15,22H,10-14H2,1-5H3. The fourth-order valence-electron chi connectivity index (χ4n) is 3.07. The molecule has 1 atom stereocenters. The molecule has 1 amide bonds. The first kappa shape index (κ1) is 19.7. The lowest BCUT2D eigenvalue weighted by molar-refractivity contribution is 0.0117. The molecule has 1 aliphatic heterocycles. The van der Waals surface area contributed by atoms with Gasteiger partial charge in [0.25, 0.3) is 0 Å². The maximum atomic E-state index is 13.9. The van der Waals surface area contributed by atoms with Gasteiger partial charge in [0.2, 0.25) is 0 Å². The largest absolute Gasteiger partial charge is 0.444 e. The van der Waals surface area contributed by atoms with Crippen LogP contribution in [0.1, 0.15) is 59.1 Å². The zero-order chi connectivity index (χ0) is 18.7. The highest BCUT2D eigenvalue weighted by Crippen LogP contribution is 2.31. The Kier molecular flexibility index (Phi) is 6.09. The molecule has 1 unspecified atom stereocenters. The number of hydrogen-bond donors (Lipinski definition) is 1. The maximum absolute atomic E-state index is 13.9. The Balaban J connectivity index is 1.84. The SMILES string of the molecule is CC(NCC1(C)CCN(C(=O)OC(C)(C)C)CC1)c1ccccc1F. The zero-order valence-corrected chi connectivity index (χ0v) is 16.1. The van der Waals surface area contributed by atoms with Crippen molar-refractivity contribution in [3.63, 3.8) is 0 Å². The summed E-state index contributed by atoms with van der Waals surface area (Å²) < 4.78 is 19.3. The molecule has 1 aliphatic rings. The van der Waals surface area contributed by atoms with Gasteiger partial charge in [0.15, 0.2) is 0 Å². The summed E-state index contributed by atoms with van der Waals surface area (Å²) in [6.45, 7) is 12.0. The number of rotatable bonds is 4. The van der Waals surface area contributed by atoms with Gasteiger partial charge >= 0.3 is 6.09 Å². The Bertz CT molecular complexity index is 590. The quantitative estimate of drug-likeness (QED) is 0.868. The number of halogens is 1. The lowest BCUT2D eigenvalue weighted by atomic mass is 9.80. The van der Waals surface area contributed by atoms with Crippen molar-refractivity contribution in [3.8, 4) is 0 Å². The van der Waals surface area contributed by atoms with E-state index >= 15 is 0 Å². The number of benzene rings is 1. The minimum absolute atomic E-state index is 0.0399. The van der Waals surface area contributed by atoms with E-state index in [0.29, 0.717) is 18.7 Å². The summed E-state index contributed by atoms with van der Waals surface area (Å²) in [6, 6.07) is 6.84. The molecule has 4 nitrogen and oxygen atoms in total. The summed E-state index contributed by atoms with van der Waals surface area (Å²) in [5.74, 6) is -0.174. The van der Waals surface area contributed by atoms with Gasteiger partial charge in [0, 0.05) is 31.2 Å². The molecule has 0 aliphatic carbocycles. The predicted octanol–water partition coefficient (Wildman–Crippen LogP) is 4.51. The lowest BCUT2D eigenvalue weighted by Crippen LogP contribution is -2.47. The number of likely N-dealkylation sites (tertiary alicyclic amines) is 1. The maximum Gasteiger partial charge on any atom is 0.410 e. The van der Waals surface area contributed by atoms with Gasteiger partial charge < -0.3 is 15.0 Å². The number of nitrogens with one attached hydrogen (secondary N) is 1. The molecule has 0 aromatic heterocycles. The third-order valence-electron chi connectivity index (χ3n) is 4.83. The van der Waals surface area contributed by atoms with Crippen LogP contribution in [0.2, 0.25) is 0 Å². The normalized spacial score (nSPS) is 18.7. The van der Waals surface area contributed by atoms with E-state index in [9.17, 15) is 9.18 Å². The second kappa shape index (κ2) is 7.73. The van der Waals surface area contributed by atoms with Crippen LogP contribution in [-0.2, 0) is 4.74 Å². The highest BCUT2D eigenvalue weighted by atomic mass is 19.1. The van der Waals surface area contributed by atoms with Crippen molar-refractivity contribution in [1.82, 2.24) is 10.2 Å². The van der Waals surface area contributed by atoms with E-state index in [2.05, 4.69) is 12.2 Å². The van der Waals surface area contributed by atoms with Crippen molar-refractivity contribution in [2.45, 2.75) is 59.1 Å². The molecule has 5 heteroatoms. The van der Waals surface area contributed by atoms with Crippen LogP contribution in [0.5, 0.6) is 0 Å². The number of nitrogens with zero attached hydrogens (tertiary/aromatic N) is 1. The molecule has 0 radical (unpaired) electrons. The molecule has 2 rings (SSSR count). The van der Waals surface area contributed by atoms with E-state index in [-0.39, 0.29) is 23.4 Å². The van der Waals surface area contributed by atoms with Crippen molar-refractivity contribution in [2.75, 3.05) is 19.6 Å². The van der Waals surface area contributed by atoms with Gasteiger partial charge in [-0.05, 0) is 52.0 Å². The van der Waals surface area contributed by atoms with Gasteiger partial charge in [-0.3, -0.25) is 0 Å². The van der Waals surface area contributed by atoms with Gasteiger partial charge in [-0.1, -0.05) is 25.1 Å². The molecule has 1 N–H and O–H groups in total. The van der Waals surface area contributed by atoms with Crippen LogP contribution in [0.3, 0.4) is 0 Å². The van der Waals surface area contributed by atoms with Crippen LogP contribution in [0.15, 0.2) is 24.3 Å². The first-order valence-corrected chi connectivity index (χ1v) is 9.05. The molecule has 0 saturated carbocycles. The van der Waals surface area contributed by atoms with Gasteiger partial charge in [0.1, 0.15) is 11.4 Å². The van der Waals surface area contributed by atoms with Crippen molar-refractivity contribution >= 4 is 6.09 Å². The third kappa shape index (κ3) is 5.70. The summed E-state index contributed by atoms with van der Waals surface area (Å²) in [7, 11) is 0. The van der Waals surface area contributed by atoms with E-state index in [4.69, 9.17) is 4.74 Å². The Labute approximate surface area is 150 Å². The first-order valence-electron chi connectivity index (χ1n) is 9.05. The fourth-order valence-corrected chi connectivity index (χ4v) is 3.07. The second-order valence-electron chi connectivity index (χ2n) is 8.40.